The maximum absolute atomic E-state index is 13.6. The Labute approximate surface area is 241 Å². The van der Waals surface area contributed by atoms with Crippen LogP contribution >= 0.6 is 0 Å². The zero-order valence-corrected chi connectivity index (χ0v) is 23.5. The van der Waals surface area contributed by atoms with E-state index in [1.165, 1.54) is 17.3 Å². The van der Waals surface area contributed by atoms with Crippen molar-refractivity contribution in [2.24, 2.45) is 21.5 Å². The van der Waals surface area contributed by atoms with Crippen LogP contribution in [0.5, 0.6) is 5.75 Å². The number of ether oxygens (including phenoxy) is 1. The van der Waals surface area contributed by atoms with Crippen molar-refractivity contribution in [3.63, 3.8) is 0 Å². The highest BCUT2D eigenvalue weighted by Crippen LogP contribution is 2.45. The monoisotopic (exact) mass is 578 g/mol. The van der Waals surface area contributed by atoms with E-state index >= 15 is 0 Å². The number of amides is 2. The van der Waals surface area contributed by atoms with Gasteiger partial charge in [-0.25, -0.2) is 15.0 Å². The molecule has 0 saturated carbocycles. The number of carbonyl (C=O) groups is 2. The third kappa shape index (κ3) is 4.10. The number of nitrogens with one attached hydrogen (secondary N) is 3. The summed E-state index contributed by atoms with van der Waals surface area (Å²) in [4.78, 5) is 44.8. The van der Waals surface area contributed by atoms with Gasteiger partial charge in [0.25, 0.3) is 11.8 Å². The number of aryl methyl sites for hydroxylation is 1. The summed E-state index contributed by atoms with van der Waals surface area (Å²) in [5.74, 6) is -3.30. The fourth-order valence-electron chi connectivity index (χ4n) is 6.23. The second-order valence-corrected chi connectivity index (χ2v) is 11.7. The van der Waals surface area contributed by atoms with Crippen LogP contribution in [0, 0.1) is 6.92 Å². The Bertz CT molecular complexity index is 1510. The van der Waals surface area contributed by atoms with Gasteiger partial charge in [0, 0.05) is 24.8 Å². The fourth-order valence-corrected chi connectivity index (χ4v) is 6.23. The molecule has 222 valence electrons. The standard InChI is InChI=1S/C27H34N10O5/c1-13-9-31-17(11-30-13)22(39)32-10-16-20-26(36-23(28)35-20)27(40,41)18(12-37(26)24(29)33-16)34-21(38)14-5-4-6-15-19(14)42-8-7-25(15,2)3/h4-6,9,11,16,18,20,40-41H,7-8,10,12H2,1-3H3,(H2,29,33)(H,32,39)(H,34,38)(H3,28,35,36)/t16?,18?,20?,26-/m0/s1. The number of aliphatic hydroxyl groups is 2. The molecule has 15 nitrogen and oxygen atoms in total. The van der Waals surface area contributed by atoms with Crippen LogP contribution in [0.15, 0.2) is 40.6 Å². The van der Waals surface area contributed by atoms with E-state index in [0.717, 1.165) is 12.0 Å². The topological polar surface area (TPSA) is 226 Å². The lowest BCUT2D eigenvalue weighted by molar-refractivity contribution is -0.230. The predicted octanol–water partition coefficient (Wildman–Crippen LogP) is -1.95. The zero-order chi connectivity index (χ0) is 30.0. The molecular formula is C27H34N10O5. The number of hydrogen-bond acceptors (Lipinski definition) is 13. The quantitative estimate of drug-likeness (QED) is 0.193. The van der Waals surface area contributed by atoms with Crippen LogP contribution in [0.25, 0.3) is 0 Å². The van der Waals surface area contributed by atoms with Crippen LogP contribution in [0.1, 0.15) is 52.4 Å². The lowest BCUT2D eigenvalue weighted by atomic mass is 9.79. The zero-order valence-electron chi connectivity index (χ0n) is 23.5. The second-order valence-electron chi connectivity index (χ2n) is 11.7. The summed E-state index contributed by atoms with van der Waals surface area (Å²) in [5.41, 5.74) is 12.4. The van der Waals surface area contributed by atoms with Gasteiger partial charge in [-0.05, 0) is 24.8 Å². The molecular weight excluding hydrogens is 544 g/mol. The lowest BCUT2D eigenvalue weighted by Crippen LogP contribution is -2.78. The summed E-state index contributed by atoms with van der Waals surface area (Å²) in [7, 11) is 0. The first-order valence-electron chi connectivity index (χ1n) is 13.7. The number of para-hydroxylation sites is 1. The van der Waals surface area contributed by atoms with E-state index in [-0.39, 0.29) is 41.7 Å². The van der Waals surface area contributed by atoms with E-state index in [0.29, 0.717) is 18.1 Å². The normalized spacial score (nSPS) is 28.2. The van der Waals surface area contributed by atoms with Crippen molar-refractivity contribution in [3.05, 3.63) is 53.1 Å². The van der Waals surface area contributed by atoms with Gasteiger partial charge >= 0.3 is 0 Å². The highest BCUT2D eigenvalue weighted by Gasteiger charge is 2.73. The molecule has 15 heteroatoms. The minimum Gasteiger partial charge on any atom is -0.492 e. The molecule has 1 aromatic carbocycles. The smallest absolute Gasteiger partial charge is 0.271 e. The molecule has 2 amide bonds. The van der Waals surface area contributed by atoms with Crippen LogP contribution in [-0.2, 0) is 5.41 Å². The number of guanidine groups is 2. The number of nitrogens with two attached hydrogens (primary N) is 2. The third-order valence-electron chi connectivity index (χ3n) is 8.55. The van der Waals surface area contributed by atoms with Gasteiger partial charge in [0.2, 0.25) is 5.79 Å². The van der Waals surface area contributed by atoms with Gasteiger partial charge in [0.05, 0.1) is 30.1 Å². The Morgan fingerprint density at radius 2 is 1.95 bits per heavy atom. The third-order valence-corrected chi connectivity index (χ3v) is 8.55. The largest absolute Gasteiger partial charge is 0.492 e. The van der Waals surface area contributed by atoms with E-state index in [1.807, 2.05) is 6.07 Å². The highest BCUT2D eigenvalue weighted by molar-refractivity contribution is 5.98. The van der Waals surface area contributed by atoms with Crippen LogP contribution in [-0.4, -0.2) is 98.1 Å². The molecule has 5 heterocycles. The SMILES string of the molecule is Cc1cnc(C(=O)NCC2N=C(N)N3CC(NC(=O)c4cccc5c4OCCC5(C)C)C(O)(O)[C@@]34NC(N)=NC24)cn1. The average molecular weight is 579 g/mol. The summed E-state index contributed by atoms with van der Waals surface area (Å²) in [5, 5.41) is 31.8. The van der Waals surface area contributed by atoms with Crippen LogP contribution in [0.4, 0.5) is 0 Å². The summed E-state index contributed by atoms with van der Waals surface area (Å²) < 4.78 is 5.89. The molecule has 6 rings (SSSR count). The summed E-state index contributed by atoms with van der Waals surface area (Å²) in [6.07, 6.45) is 3.63. The molecule has 2 aromatic rings. The Morgan fingerprint density at radius 1 is 1.17 bits per heavy atom. The first-order valence-corrected chi connectivity index (χ1v) is 13.7. The van der Waals surface area contributed by atoms with Crippen molar-refractivity contribution >= 4 is 23.7 Å². The van der Waals surface area contributed by atoms with Gasteiger partial charge < -0.3 is 47.3 Å². The highest BCUT2D eigenvalue weighted by atomic mass is 16.5. The Kier molecular flexibility index (Phi) is 6.27. The van der Waals surface area contributed by atoms with Gasteiger partial charge in [0.15, 0.2) is 17.6 Å². The number of rotatable bonds is 5. The van der Waals surface area contributed by atoms with Crippen molar-refractivity contribution in [2.45, 2.75) is 62.2 Å². The molecule has 3 unspecified atom stereocenters. The molecule has 1 saturated heterocycles. The molecule has 1 aromatic heterocycles. The fraction of sp³-hybridized carbons (Fsp3) is 0.481. The maximum atomic E-state index is 13.6. The predicted molar refractivity (Wildman–Crippen MR) is 150 cm³/mol. The van der Waals surface area contributed by atoms with Crippen molar-refractivity contribution in [1.82, 2.24) is 30.8 Å². The lowest BCUT2D eigenvalue weighted by Gasteiger charge is -2.49. The minimum atomic E-state index is -2.63. The first-order chi connectivity index (χ1) is 19.8. The van der Waals surface area contributed by atoms with Crippen LogP contribution < -0.4 is 32.2 Å². The number of aliphatic imine (C=N–C) groups is 2. The van der Waals surface area contributed by atoms with E-state index in [2.05, 4.69) is 49.8 Å². The Morgan fingerprint density at radius 3 is 2.69 bits per heavy atom. The van der Waals surface area contributed by atoms with Crippen molar-refractivity contribution in [1.29, 1.82) is 0 Å². The van der Waals surface area contributed by atoms with Gasteiger partial charge in [-0.1, -0.05) is 26.0 Å². The van der Waals surface area contributed by atoms with E-state index in [1.54, 1.807) is 19.1 Å². The first kappa shape index (κ1) is 27.7. The van der Waals surface area contributed by atoms with Crippen molar-refractivity contribution < 1.29 is 24.5 Å². The molecule has 4 atom stereocenters. The molecule has 4 aliphatic heterocycles. The number of fused-ring (bicyclic) bond motifs is 1. The van der Waals surface area contributed by atoms with Gasteiger partial charge in [-0.3, -0.25) is 14.6 Å². The molecule has 1 fully saturated rings. The second kappa shape index (κ2) is 9.52. The molecule has 42 heavy (non-hydrogen) atoms. The van der Waals surface area contributed by atoms with Gasteiger partial charge in [-0.2, -0.15) is 0 Å². The minimum absolute atomic E-state index is 0.0376. The van der Waals surface area contributed by atoms with E-state index < -0.39 is 41.4 Å². The Hall–Kier alpha value is -4.50. The van der Waals surface area contributed by atoms with Gasteiger partial charge in [0.1, 0.15) is 23.5 Å². The molecule has 4 aliphatic rings. The number of aromatic nitrogens is 2. The molecule has 0 aliphatic carbocycles. The van der Waals surface area contributed by atoms with E-state index in [9.17, 15) is 19.8 Å². The maximum Gasteiger partial charge on any atom is 0.271 e. The Balaban J connectivity index is 1.26. The molecule has 1 spiro atoms. The van der Waals surface area contributed by atoms with Gasteiger partial charge in [-0.15, -0.1) is 0 Å². The van der Waals surface area contributed by atoms with Crippen molar-refractivity contribution in [2.75, 3.05) is 19.7 Å². The molecule has 9 N–H and O–H groups in total. The number of carbonyl (C=O) groups excluding carboxylic acids is 2. The molecule has 0 radical (unpaired) electrons. The number of benzene rings is 1. The van der Waals surface area contributed by atoms with E-state index in [4.69, 9.17) is 16.2 Å². The summed E-state index contributed by atoms with van der Waals surface area (Å²) in [6, 6.07) is 2.29. The number of nitrogens with zero attached hydrogens (tertiary/aromatic N) is 5. The van der Waals surface area contributed by atoms with Crippen LogP contribution in [0.2, 0.25) is 0 Å². The molecule has 0 bridgehead atoms. The van der Waals surface area contributed by atoms with Crippen molar-refractivity contribution in [3.8, 4) is 5.75 Å². The summed E-state index contributed by atoms with van der Waals surface area (Å²) in [6.45, 7) is 6.20. The number of hydrogen-bond donors (Lipinski definition) is 7. The van der Waals surface area contributed by atoms with Crippen LogP contribution in [0.3, 0.4) is 0 Å². The summed E-state index contributed by atoms with van der Waals surface area (Å²) >= 11 is 0. The average Bonchev–Trinajstić information content (AvgIpc) is 3.41.